The van der Waals surface area contributed by atoms with E-state index in [0.29, 0.717) is 5.88 Å². The van der Waals surface area contributed by atoms with Crippen LogP contribution in [0, 0.1) is 5.82 Å². The summed E-state index contributed by atoms with van der Waals surface area (Å²) in [5.74, 6) is 0.382. The van der Waals surface area contributed by atoms with Crippen molar-refractivity contribution in [3.8, 4) is 17.1 Å². The molecule has 1 aromatic carbocycles. The van der Waals surface area contributed by atoms with E-state index < -0.39 is 0 Å². The first-order valence-electron chi connectivity index (χ1n) is 5.68. The van der Waals surface area contributed by atoms with E-state index in [0.717, 1.165) is 21.2 Å². The number of hydrogen-bond acceptors (Lipinski definition) is 2. The maximum absolute atomic E-state index is 13.0. The zero-order chi connectivity index (χ0) is 13.4. The zero-order valence-electron chi connectivity index (χ0n) is 10.1. The molecule has 0 saturated heterocycles. The highest BCUT2D eigenvalue weighted by atomic mass is 79.9. The van der Waals surface area contributed by atoms with E-state index >= 15 is 0 Å². The van der Waals surface area contributed by atoms with Gasteiger partial charge in [0.05, 0.1) is 17.1 Å². The predicted octanol–water partition coefficient (Wildman–Crippen LogP) is 3.91. The highest BCUT2D eigenvalue weighted by Gasteiger charge is 2.14. The van der Waals surface area contributed by atoms with Crippen molar-refractivity contribution in [2.45, 2.75) is 0 Å². The van der Waals surface area contributed by atoms with E-state index in [1.54, 1.807) is 23.8 Å². The fraction of sp³-hybridized carbons (Fsp3) is 0.0714. The van der Waals surface area contributed by atoms with Gasteiger partial charge in [-0.1, -0.05) is 6.07 Å². The number of ether oxygens (including phenoxy) is 1. The first-order chi connectivity index (χ1) is 9.20. The number of methoxy groups -OCH3 is 1. The Morgan fingerprint density at radius 1 is 1.16 bits per heavy atom. The minimum Gasteiger partial charge on any atom is -0.481 e. The third-order valence-corrected chi connectivity index (χ3v) is 3.67. The smallest absolute Gasteiger partial charge is 0.214 e. The molecule has 0 aliphatic rings. The SMILES string of the molecule is COc1cccc2c(Br)c(-c3ccc(F)cc3)nn12. The maximum Gasteiger partial charge on any atom is 0.214 e. The monoisotopic (exact) mass is 320 g/mol. The first-order valence-corrected chi connectivity index (χ1v) is 6.47. The van der Waals surface area contributed by atoms with Crippen LogP contribution in [0.15, 0.2) is 46.9 Å². The van der Waals surface area contributed by atoms with Gasteiger partial charge in [-0.05, 0) is 46.3 Å². The highest BCUT2D eigenvalue weighted by molar-refractivity contribution is 9.10. The van der Waals surface area contributed by atoms with Crippen LogP contribution in [-0.4, -0.2) is 16.7 Å². The van der Waals surface area contributed by atoms with Crippen LogP contribution in [0.3, 0.4) is 0 Å². The van der Waals surface area contributed by atoms with Crippen molar-refractivity contribution in [1.29, 1.82) is 0 Å². The standard InChI is InChI=1S/C14H10BrFN2O/c1-19-12-4-2-3-11-13(15)14(17-18(11)12)9-5-7-10(16)8-6-9/h2-8H,1H3. The van der Waals surface area contributed by atoms with E-state index in [2.05, 4.69) is 21.0 Å². The molecule has 0 radical (unpaired) electrons. The summed E-state index contributed by atoms with van der Waals surface area (Å²) in [5, 5.41) is 4.51. The number of hydrogen-bond donors (Lipinski definition) is 0. The third-order valence-electron chi connectivity index (χ3n) is 2.89. The van der Waals surface area contributed by atoms with Crippen molar-refractivity contribution in [3.05, 3.63) is 52.8 Å². The average molecular weight is 321 g/mol. The van der Waals surface area contributed by atoms with E-state index in [1.165, 1.54) is 12.1 Å². The Labute approximate surface area is 117 Å². The van der Waals surface area contributed by atoms with Crippen LogP contribution in [0.25, 0.3) is 16.8 Å². The first kappa shape index (κ1) is 12.2. The molecule has 2 aromatic heterocycles. The summed E-state index contributed by atoms with van der Waals surface area (Å²) in [7, 11) is 1.60. The van der Waals surface area contributed by atoms with E-state index in [1.807, 2.05) is 18.2 Å². The van der Waals surface area contributed by atoms with Gasteiger partial charge in [0.25, 0.3) is 0 Å². The van der Waals surface area contributed by atoms with Crippen LogP contribution < -0.4 is 4.74 Å². The fourth-order valence-electron chi connectivity index (χ4n) is 1.96. The summed E-state index contributed by atoms with van der Waals surface area (Å²) in [5.41, 5.74) is 2.50. The Morgan fingerprint density at radius 3 is 2.58 bits per heavy atom. The molecule has 0 fully saturated rings. The van der Waals surface area contributed by atoms with Gasteiger partial charge in [-0.15, -0.1) is 0 Å². The molecule has 0 aliphatic heterocycles. The lowest BCUT2D eigenvalue weighted by atomic mass is 10.1. The van der Waals surface area contributed by atoms with Crippen molar-refractivity contribution in [2.24, 2.45) is 0 Å². The molecule has 0 unspecified atom stereocenters. The summed E-state index contributed by atoms with van der Waals surface area (Å²) in [4.78, 5) is 0. The Balaban J connectivity index is 2.25. The number of pyridine rings is 1. The molecule has 96 valence electrons. The zero-order valence-corrected chi connectivity index (χ0v) is 11.7. The topological polar surface area (TPSA) is 26.5 Å². The lowest BCUT2D eigenvalue weighted by Gasteiger charge is -2.01. The number of halogens is 2. The van der Waals surface area contributed by atoms with Crippen molar-refractivity contribution in [2.75, 3.05) is 7.11 Å². The van der Waals surface area contributed by atoms with Gasteiger partial charge in [0, 0.05) is 11.6 Å². The Morgan fingerprint density at radius 2 is 1.89 bits per heavy atom. The molecule has 3 aromatic rings. The molecular formula is C14H10BrFN2O. The van der Waals surface area contributed by atoms with Crippen LogP contribution >= 0.6 is 15.9 Å². The van der Waals surface area contributed by atoms with Crippen LogP contribution in [0.5, 0.6) is 5.88 Å². The summed E-state index contributed by atoms with van der Waals surface area (Å²) < 4.78 is 20.8. The van der Waals surface area contributed by atoms with Gasteiger partial charge in [0.15, 0.2) is 0 Å². The quantitative estimate of drug-likeness (QED) is 0.715. The number of benzene rings is 1. The van der Waals surface area contributed by atoms with E-state index in [4.69, 9.17) is 4.74 Å². The van der Waals surface area contributed by atoms with Gasteiger partial charge in [0.2, 0.25) is 5.88 Å². The van der Waals surface area contributed by atoms with Crippen LogP contribution in [0.4, 0.5) is 4.39 Å². The normalized spacial score (nSPS) is 10.9. The minimum absolute atomic E-state index is 0.263. The summed E-state index contributed by atoms with van der Waals surface area (Å²) >= 11 is 3.54. The second-order valence-electron chi connectivity index (χ2n) is 4.03. The van der Waals surface area contributed by atoms with Crippen molar-refractivity contribution in [3.63, 3.8) is 0 Å². The van der Waals surface area contributed by atoms with Gasteiger partial charge >= 0.3 is 0 Å². The van der Waals surface area contributed by atoms with Gasteiger partial charge in [0.1, 0.15) is 11.5 Å². The number of nitrogens with zero attached hydrogens (tertiary/aromatic N) is 2. The highest BCUT2D eigenvalue weighted by Crippen LogP contribution is 2.32. The summed E-state index contributed by atoms with van der Waals surface area (Å²) in [6.07, 6.45) is 0. The van der Waals surface area contributed by atoms with E-state index in [9.17, 15) is 4.39 Å². The average Bonchev–Trinajstić information content (AvgIpc) is 2.77. The van der Waals surface area contributed by atoms with Crippen molar-refractivity contribution in [1.82, 2.24) is 9.61 Å². The maximum atomic E-state index is 13.0. The number of aromatic nitrogens is 2. The van der Waals surface area contributed by atoms with Crippen LogP contribution in [-0.2, 0) is 0 Å². The van der Waals surface area contributed by atoms with Crippen molar-refractivity contribution >= 4 is 21.4 Å². The molecule has 0 amide bonds. The lowest BCUT2D eigenvalue weighted by molar-refractivity contribution is 0.386. The Bertz CT molecular complexity index is 737. The third kappa shape index (κ3) is 2.00. The number of fused-ring (bicyclic) bond motifs is 1. The molecule has 0 N–H and O–H groups in total. The molecule has 0 aliphatic carbocycles. The van der Waals surface area contributed by atoms with Gasteiger partial charge in [-0.25, -0.2) is 4.39 Å². The molecule has 5 heteroatoms. The van der Waals surface area contributed by atoms with Crippen LogP contribution in [0.1, 0.15) is 0 Å². The minimum atomic E-state index is -0.263. The second-order valence-corrected chi connectivity index (χ2v) is 4.83. The molecule has 0 saturated carbocycles. The molecule has 0 atom stereocenters. The van der Waals surface area contributed by atoms with E-state index in [-0.39, 0.29) is 5.82 Å². The Kier molecular flexibility index (Phi) is 2.98. The molecular weight excluding hydrogens is 311 g/mol. The second kappa shape index (κ2) is 4.66. The fourth-order valence-corrected chi connectivity index (χ4v) is 2.57. The molecule has 0 bridgehead atoms. The summed E-state index contributed by atoms with van der Waals surface area (Å²) in [6, 6.07) is 11.9. The Hall–Kier alpha value is -1.88. The predicted molar refractivity (Wildman–Crippen MR) is 74.8 cm³/mol. The lowest BCUT2D eigenvalue weighted by Crippen LogP contribution is -1.94. The molecule has 3 rings (SSSR count). The molecule has 3 nitrogen and oxygen atoms in total. The van der Waals surface area contributed by atoms with Gasteiger partial charge in [-0.2, -0.15) is 9.61 Å². The van der Waals surface area contributed by atoms with Crippen LogP contribution in [0.2, 0.25) is 0 Å². The molecule has 0 spiro atoms. The molecule has 19 heavy (non-hydrogen) atoms. The largest absolute Gasteiger partial charge is 0.481 e. The number of rotatable bonds is 2. The van der Waals surface area contributed by atoms with Gasteiger partial charge < -0.3 is 4.74 Å². The van der Waals surface area contributed by atoms with Crippen molar-refractivity contribution < 1.29 is 9.13 Å². The summed E-state index contributed by atoms with van der Waals surface area (Å²) in [6.45, 7) is 0. The van der Waals surface area contributed by atoms with Gasteiger partial charge in [-0.3, -0.25) is 0 Å². The molecule has 2 heterocycles.